The first-order chi connectivity index (χ1) is 13.0. The zero-order valence-electron chi connectivity index (χ0n) is 15.5. The monoisotopic (exact) mass is 382 g/mol. The van der Waals surface area contributed by atoms with Crippen molar-refractivity contribution in [3.8, 4) is 5.75 Å². The van der Waals surface area contributed by atoms with Gasteiger partial charge in [-0.3, -0.25) is 0 Å². The molecule has 140 valence electrons. The lowest BCUT2D eigenvalue weighted by Gasteiger charge is -2.37. The van der Waals surface area contributed by atoms with Crippen molar-refractivity contribution in [1.29, 1.82) is 0 Å². The van der Waals surface area contributed by atoms with Crippen molar-refractivity contribution in [2.45, 2.75) is 17.7 Å². The molecule has 2 aromatic carbocycles. The Bertz CT molecular complexity index is 909. The van der Waals surface area contributed by atoms with E-state index in [1.165, 1.54) is 7.11 Å². The van der Waals surface area contributed by atoms with Crippen LogP contribution >= 0.6 is 12.6 Å². The molecule has 0 saturated heterocycles. The summed E-state index contributed by atoms with van der Waals surface area (Å²) in [4.78, 5) is 15.2. The molecule has 1 aromatic heterocycles. The molecule has 27 heavy (non-hydrogen) atoms. The molecule has 5 nitrogen and oxygen atoms in total. The summed E-state index contributed by atoms with van der Waals surface area (Å²) in [7, 11) is 3.03. The molecule has 0 aliphatic carbocycles. The SMILES string of the molecule is COC(=O)c1ccc(C(S)(C(C)c2ccccc2OC)n2ccnc2)cc1. The predicted molar refractivity (Wildman–Crippen MR) is 107 cm³/mol. The molecule has 0 aliphatic rings. The van der Waals surface area contributed by atoms with Gasteiger partial charge in [0.2, 0.25) is 0 Å². The average molecular weight is 382 g/mol. The van der Waals surface area contributed by atoms with E-state index < -0.39 is 4.87 Å². The lowest BCUT2D eigenvalue weighted by atomic mass is 9.86. The fraction of sp³-hybridized carbons (Fsp3) is 0.238. The predicted octanol–water partition coefficient (Wildman–Crippen LogP) is 4.11. The van der Waals surface area contributed by atoms with Crippen molar-refractivity contribution in [3.05, 3.63) is 83.9 Å². The minimum atomic E-state index is -0.736. The highest BCUT2D eigenvalue weighted by atomic mass is 32.1. The summed E-state index contributed by atoms with van der Waals surface area (Å²) in [6, 6.07) is 15.2. The summed E-state index contributed by atoms with van der Waals surface area (Å²) < 4.78 is 12.3. The molecule has 1 heterocycles. The van der Waals surface area contributed by atoms with E-state index in [1.54, 1.807) is 31.8 Å². The highest BCUT2D eigenvalue weighted by Gasteiger charge is 2.38. The van der Waals surface area contributed by atoms with Gasteiger partial charge in [-0.25, -0.2) is 9.78 Å². The Kier molecular flexibility index (Phi) is 5.56. The highest BCUT2D eigenvalue weighted by molar-refractivity contribution is 7.81. The van der Waals surface area contributed by atoms with E-state index in [2.05, 4.69) is 11.9 Å². The molecule has 0 amide bonds. The first kappa shape index (κ1) is 19.0. The van der Waals surface area contributed by atoms with Gasteiger partial charge in [0, 0.05) is 23.9 Å². The van der Waals surface area contributed by atoms with Gasteiger partial charge in [-0.2, -0.15) is 0 Å². The molecule has 3 rings (SSSR count). The first-order valence-corrected chi connectivity index (χ1v) is 8.99. The second kappa shape index (κ2) is 7.88. The van der Waals surface area contributed by atoms with Gasteiger partial charge in [-0.15, -0.1) is 12.6 Å². The number of imidazole rings is 1. The van der Waals surface area contributed by atoms with E-state index >= 15 is 0 Å². The Labute approximate surface area is 164 Å². The topological polar surface area (TPSA) is 53.4 Å². The van der Waals surface area contributed by atoms with Crippen LogP contribution in [0.25, 0.3) is 0 Å². The summed E-state index contributed by atoms with van der Waals surface area (Å²) in [5, 5.41) is 0. The van der Waals surface area contributed by atoms with Gasteiger partial charge in [0.05, 0.1) is 26.1 Å². The number of thiol groups is 1. The van der Waals surface area contributed by atoms with Crippen LogP contribution in [0.2, 0.25) is 0 Å². The number of carbonyl (C=O) groups excluding carboxylic acids is 1. The first-order valence-electron chi connectivity index (χ1n) is 8.55. The number of aromatic nitrogens is 2. The lowest BCUT2D eigenvalue weighted by molar-refractivity contribution is 0.0600. The molecule has 0 aliphatic heterocycles. The second-order valence-corrected chi connectivity index (χ2v) is 6.91. The zero-order chi connectivity index (χ0) is 19.4. The van der Waals surface area contributed by atoms with Crippen LogP contribution in [-0.2, 0) is 9.61 Å². The quantitative estimate of drug-likeness (QED) is 0.515. The van der Waals surface area contributed by atoms with Gasteiger partial charge < -0.3 is 14.0 Å². The smallest absolute Gasteiger partial charge is 0.337 e. The third kappa shape index (κ3) is 3.45. The number of carbonyl (C=O) groups is 1. The van der Waals surface area contributed by atoms with Gasteiger partial charge in [0.1, 0.15) is 10.6 Å². The van der Waals surface area contributed by atoms with Crippen molar-refractivity contribution in [2.75, 3.05) is 14.2 Å². The minimum Gasteiger partial charge on any atom is -0.496 e. The number of benzene rings is 2. The van der Waals surface area contributed by atoms with Crippen molar-refractivity contribution >= 4 is 18.6 Å². The van der Waals surface area contributed by atoms with Gasteiger partial charge in [-0.1, -0.05) is 37.3 Å². The van der Waals surface area contributed by atoms with Crippen LogP contribution in [0.5, 0.6) is 5.75 Å². The number of hydrogen-bond acceptors (Lipinski definition) is 5. The third-order valence-corrected chi connectivity index (χ3v) is 5.71. The van der Waals surface area contributed by atoms with Crippen LogP contribution < -0.4 is 4.74 Å². The summed E-state index contributed by atoms with van der Waals surface area (Å²) >= 11 is 5.12. The Morgan fingerprint density at radius 1 is 1.15 bits per heavy atom. The third-order valence-electron chi connectivity index (χ3n) is 4.84. The lowest BCUT2D eigenvalue weighted by Crippen LogP contribution is -2.34. The molecule has 0 radical (unpaired) electrons. The normalized spacial score (nSPS) is 14.2. The minimum absolute atomic E-state index is 0.0600. The van der Waals surface area contributed by atoms with Crippen molar-refractivity contribution in [2.24, 2.45) is 0 Å². The summed E-state index contributed by atoms with van der Waals surface area (Å²) in [5.74, 6) is 0.372. The van der Waals surface area contributed by atoms with Crippen LogP contribution in [0.4, 0.5) is 0 Å². The fourth-order valence-electron chi connectivity index (χ4n) is 3.29. The van der Waals surface area contributed by atoms with Crippen molar-refractivity contribution in [3.63, 3.8) is 0 Å². The number of methoxy groups -OCH3 is 2. The molecule has 3 aromatic rings. The largest absolute Gasteiger partial charge is 0.496 e. The fourth-order valence-corrected chi connectivity index (χ4v) is 3.70. The molecule has 0 bridgehead atoms. The van der Waals surface area contributed by atoms with Crippen LogP contribution in [0.15, 0.2) is 67.3 Å². The van der Waals surface area contributed by atoms with Crippen molar-refractivity contribution in [1.82, 2.24) is 9.55 Å². The number of hydrogen-bond donors (Lipinski definition) is 1. The number of nitrogens with zero attached hydrogens (tertiary/aromatic N) is 2. The zero-order valence-corrected chi connectivity index (χ0v) is 16.4. The molecule has 2 unspecified atom stereocenters. The molecule has 0 fully saturated rings. The summed E-state index contributed by atoms with van der Waals surface area (Å²) in [6.45, 7) is 2.10. The Hall–Kier alpha value is -2.73. The summed E-state index contributed by atoms with van der Waals surface area (Å²) in [6.07, 6.45) is 5.35. The number of rotatable bonds is 6. The van der Waals surface area contributed by atoms with E-state index in [4.69, 9.17) is 22.1 Å². The second-order valence-electron chi connectivity index (χ2n) is 6.23. The Morgan fingerprint density at radius 2 is 1.85 bits per heavy atom. The maximum atomic E-state index is 11.8. The summed E-state index contributed by atoms with van der Waals surface area (Å²) in [5.41, 5.74) is 2.45. The molecule has 0 spiro atoms. The van der Waals surface area contributed by atoms with Gasteiger partial charge >= 0.3 is 5.97 Å². The van der Waals surface area contributed by atoms with E-state index in [9.17, 15) is 4.79 Å². The van der Waals surface area contributed by atoms with Gasteiger partial charge in [-0.05, 0) is 23.8 Å². The van der Waals surface area contributed by atoms with Crippen LogP contribution in [0, 0.1) is 0 Å². The maximum Gasteiger partial charge on any atom is 0.337 e. The van der Waals surface area contributed by atoms with Crippen LogP contribution in [-0.4, -0.2) is 29.7 Å². The standard InChI is InChI=1S/C21H22N2O3S/c1-15(18-6-4-5-7-19(18)25-2)21(27,23-13-12-22-14-23)17-10-8-16(9-11-17)20(24)26-3/h4-15,27H,1-3H3. The van der Waals surface area contributed by atoms with E-state index in [1.807, 2.05) is 47.2 Å². The highest BCUT2D eigenvalue weighted by Crippen LogP contribution is 2.46. The molecule has 0 N–H and O–H groups in total. The molecule has 0 saturated carbocycles. The van der Waals surface area contributed by atoms with Crippen LogP contribution in [0.3, 0.4) is 0 Å². The maximum absolute atomic E-state index is 11.8. The van der Waals surface area contributed by atoms with Gasteiger partial charge in [0.25, 0.3) is 0 Å². The Balaban J connectivity index is 2.12. The van der Waals surface area contributed by atoms with Crippen molar-refractivity contribution < 1.29 is 14.3 Å². The average Bonchev–Trinajstić information content (AvgIpc) is 3.27. The van der Waals surface area contributed by atoms with Crippen LogP contribution in [0.1, 0.15) is 34.3 Å². The Morgan fingerprint density at radius 3 is 2.44 bits per heavy atom. The van der Waals surface area contributed by atoms with E-state index in [0.717, 1.165) is 16.9 Å². The van der Waals surface area contributed by atoms with E-state index in [0.29, 0.717) is 5.56 Å². The number of esters is 1. The molecule has 6 heteroatoms. The molecular weight excluding hydrogens is 360 g/mol. The van der Waals surface area contributed by atoms with Gasteiger partial charge in [0.15, 0.2) is 0 Å². The molecular formula is C21H22N2O3S. The number of ether oxygens (including phenoxy) is 2. The van der Waals surface area contributed by atoms with E-state index in [-0.39, 0.29) is 11.9 Å². The molecule has 2 atom stereocenters. The number of para-hydroxylation sites is 1.